The van der Waals surface area contributed by atoms with Gasteiger partial charge in [0.05, 0.1) is 10.5 Å². The Kier molecular flexibility index (Phi) is 5.30. The van der Waals surface area contributed by atoms with Gasteiger partial charge in [-0.15, -0.1) is 0 Å². The molecule has 1 saturated heterocycles. The summed E-state index contributed by atoms with van der Waals surface area (Å²) >= 11 is 3.31. The van der Waals surface area contributed by atoms with E-state index in [4.69, 9.17) is 5.73 Å². The second-order valence-corrected chi connectivity index (χ2v) is 6.00. The number of nitro benzene ring substituents is 1. The fraction of sp³-hybridized carbons (Fsp3) is 0.500. The maximum Gasteiger partial charge on any atom is 0.270 e. The number of piperidine rings is 1. The van der Waals surface area contributed by atoms with Crippen LogP contribution in [0, 0.1) is 10.1 Å². The summed E-state index contributed by atoms with van der Waals surface area (Å²) in [6.07, 6.45) is 3.75. The zero-order chi connectivity index (χ0) is 15.4. The van der Waals surface area contributed by atoms with Crippen LogP contribution < -0.4 is 5.73 Å². The molecule has 0 bridgehead atoms. The first kappa shape index (κ1) is 15.9. The Hall–Kier alpha value is -1.47. The zero-order valence-corrected chi connectivity index (χ0v) is 13.2. The number of carbonyl (C=O) groups excluding carboxylic acids is 1. The Balaban J connectivity index is 2.29. The van der Waals surface area contributed by atoms with Crippen molar-refractivity contribution in [1.82, 2.24) is 4.90 Å². The third kappa shape index (κ3) is 3.59. The number of hydrogen-bond acceptors (Lipinski definition) is 4. The highest BCUT2D eigenvalue weighted by molar-refractivity contribution is 9.10. The van der Waals surface area contributed by atoms with E-state index in [9.17, 15) is 14.9 Å². The molecule has 6 nitrogen and oxygen atoms in total. The third-order valence-corrected chi connectivity index (χ3v) is 4.47. The van der Waals surface area contributed by atoms with E-state index in [1.54, 1.807) is 11.0 Å². The summed E-state index contributed by atoms with van der Waals surface area (Å²) < 4.78 is 0.579. The quantitative estimate of drug-likeness (QED) is 0.664. The van der Waals surface area contributed by atoms with Crippen LogP contribution in [0.4, 0.5) is 5.69 Å². The molecule has 1 fully saturated rings. The molecule has 1 unspecified atom stereocenters. The predicted molar refractivity (Wildman–Crippen MR) is 83.1 cm³/mol. The van der Waals surface area contributed by atoms with Gasteiger partial charge in [0.15, 0.2) is 0 Å². The van der Waals surface area contributed by atoms with Gasteiger partial charge in [0, 0.05) is 29.2 Å². The lowest BCUT2D eigenvalue weighted by Crippen LogP contribution is -2.44. The van der Waals surface area contributed by atoms with Crippen LogP contribution >= 0.6 is 15.9 Å². The van der Waals surface area contributed by atoms with Crippen LogP contribution in [0.2, 0.25) is 0 Å². The van der Waals surface area contributed by atoms with E-state index in [-0.39, 0.29) is 17.6 Å². The molecule has 7 heteroatoms. The van der Waals surface area contributed by atoms with Gasteiger partial charge < -0.3 is 10.6 Å². The number of nitrogens with zero attached hydrogens (tertiary/aromatic N) is 2. The van der Waals surface area contributed by atoms with Crippen LogP contribution in [0.5, 0.6) is 0 Å². The molecule has 1 amide bonds. The molecule has 0 spiro atoms. The summed E-state index contributed by atoms with van der Waals surface area (Å²) in [5.74, 6) is -0.163. The molecule has 2 rings (SSSR count). The number of benzene rings is 1. The predicted octanol–water partition coefficient (Wildman–Crippen LogP) is 2.70. The van der Waals surface area contributed by atoms with Crippen LogP contribution in [0.25, 0.3) is 0 Å². The molecule has 2 N–H and O–H groups in total. The molecular formula is C14H18BrN3O3. The Bertz CT molecular complexity index is 548. The second kappa shape index (κ2) is 7.00. The number of nitrogens with two attached hydrogens (primary N) is 1. The minimum Gasteiger partial charge on any atom is -0.336 e. The second-order valence-electron chi connectivity index (χ2n) is 5.15. The van der Waals surface area contributed by atoms with E-state index < -0.39 is 4.92 Å². The van der Waals surface area contributed by atoms with Gasteiger partial charge in [-0.2, -0.15) is 0 Å². The van der Waals surface area contributed by atoms with Crippen LogP contribution in [-0.2, 0) is 0 Å². The van der Waals surface area contributed by atoms with Gasteiger partial charge in [-0.1, -0.05) is 0 Å². The van der Waals surface area contributed by atoms with Crippen LogP contribution in [-0.4, -0.2) is 34.9 Å². The van der Waals surface area contributed by atoms with Crippen molar-refractivity contribution in [3.63, 3.8) is 0 Å². The summed E-state index contributed by atoms with van der Waals surface area (Å²) in [5.41, 5.74) is 5.88. The lowest BCUT2D eigenvalue weighted by Gasteiger charge is -2.36. The molecule has 0 saturated carbocycles. The molecule has 0 aliphatic carbocycles. The van der Waals surface area contributed by atoms with Crippen molar-refractivity contribution >= 4 is 27.5 Å². The van der Waals surface area contributed by atoms with E-state index in [0.717, 1.165) is 25.7 Å². The molecule has 1 aromatic rings. The summed E-state index contributed by atoms with van der Waals surface area (Å²) in [5, 5.41) is 10.9. The molecule has 114 valence electrons. The minimum absolute atomic E-state index is 0.0751. The van der Waals surface area contributed by atoms with Crippen LogP contribution in [0.1, 0.15) is 36.0 Å². The highest BCUT2D eigenvalue weighted by Crippen LogP contribution is 2.27. The van der Waals surface area contributed by atoms with Crippen molar-refractivity contribution in [3.05, 3.63) is 38.3 Å². The van der Waals surface area contributed by atoms with Crippen LogP contribution in [0.3, 0.4) is 0 Å². The Morgan fingerprint density at radius 2 is 2.24 bits per heavy atom. The largest absolute Gasteiger partial charge is 0.336 e. The topological polar surface area (TPSA) is 89.5 Å². The summed E-state index contributed by atoms with van der Waals surface area (Å²) in [7, 11) is 0. The van der Waals surface area contributed by atoms with Crippen molar-refractivity contribution < 1.29 is 9.72 Å². The lowest BCUT2D eigenvalue weighted by molar-refractivity contribution is -0.384. The van der Waals surface area contributed by atoms with Crippen molar-refractivity contribution in [3.8, 4) is 0 Å². The van der Waals surface area contributed by atoms with E-state index >= 15 is 0 Å². The number of carbonyl (C=O) groups is 1. The molecule has 1 aliphatic heterocycles. The van der Waals surface area contributed by atoms with E-state index in [1.165, 1.54) is 12.1 Å². The number of hydrogen-bond donors (Lipinski definition) is 1. The molecular weight excluding hydrogens is 338 g/mol. The Labute approximate surface area is 131 Å². The Morgan fingerprint density at radius 3 is 2.90 bits per heavy atom. The first-order chi connectivity index (χ1) is 10.0. The zero-order valence-electron chi connectivity index (χ0n) is 11.6. The third-order valence-electron chi connectivity index (χ3n) is 3.78. The standard InChI is InChI=1S/C14H18BrN3O3/c15-13-5-4-11(18(20)21)9-12(13)14(19)17-8-2-1-3-10(17)6-7-16/h4-5,9-10H,1-3,6-8,16H2. The number of rotatable bonds is 4. The average Bonchev–Trinajstić information content (AvgIpc) is 2.47. The number of likely N-dealkylation sites (tertiary alicyclic amines) is 1. The summed E-state index contributed by atoms with van der Waals surface area (Å²) in [6, 6.07) is 4.39. The van der Waals surface area contributed by atoms with Crippen molar-refractivity contribution in [2.24, 2.45) is 5.73 Å². The normalized spacial score (nSPS) is 18.6. The molecule has 0 radical (unpaired) electrons. The smallest absolute Gasteiger partial charge is 0.270 e. The molecule has 1 aliphatic rings. The van der Waals surface area contributed by atoms with Gasteiger partial charge in [0.2, 0.25) is 0 Å². The highest BCUT2D eigenvalue weighted by atomic mass is 79.9. The van der Waals surface area contributed by atoms with Gasteiger partial charge in [0.1, 0.15) is 0 Å². The molecule has 0 aromatic heterocycles. The van der Waals surface area contributed by atoms with Crippen LogP contribution in [0.15, 0.2) is 22.7 Å². The highest BCUT2D eigenvalue weighted by Gasteiger charge is 2.28. The van der Waals surface area contributed by atoms with Gasteiger partial charge in [0.25, 0.3) is 11.6 Å². The summed E-state index contributed by atoms with van der Waals surface area (Å²) in [4.78, 5) is 24.9. The number of nitro groups is 1. The van der Waals surface area contributed by atoms with Gasteiger partial charge in [-0.25, -0.2) is 0 Å². The average molecular weight is 356 g/mol. The van der Waals surface area contributed by atoms with Gasteiger partial charge >= 0.3 is 0 Å². The molecule has 1 aromatic carbocycles. The van der Waals surface area contributed by atoms with E-state index in [0.29, 0.717) is 23.1 Å². The molecule has 1 atom stereocenters. The van der Waals surface area contributed by atoms with Gasteiger partial charge in [-0.05, 0) is 54.2 Å². The molecule has 1 heterocycles. The van der Waals surface area contributed by atoms with Crippen molar-refractivity contribution in [2.45, 2.75) is 31.7 Å². The number of halogens is 1. The lowest BCUT2D eigenvalue weighted by atomic mass is 9.98. The van der Waals surface area contributed by atoms with Crippen molar-refractivity contribution in [1.29, 1.82) is 0 Å². The minimum atomic E-state index is -0.489. The fourth-order valence-corrected chi connectivity index (χ4v) is 3.12. The SMILES string of the molecule is NCCC1CCCCN1C(=O)c1cc([N+](=O)[O-])ccc1Br. The van der Waals surface area contributed by atoms with E-state index in [1.807, 2.05) is 0 Å². The van der Waals surface area contributed by atoms with Crippen molar-refractivity contribution in [2.75, 3.05) is 13.1 Å². The number of non-ortho nitro benzene ring substituents is 1. The first-order valence-corrected chi connectivity index (χ1v) is 7.79. The van der Waals surface area contributed by atoms with E-state index in [2.05, 4.69) is 15.9 Å². The number of amides is 1. The molecule has 21 heavy (non-hydrogen) atoms. The first-order valence-electron chi connectivity index (χ1n) is 6.99. The Morgan fingerprint density at radius 1 is 1.48 bits per heavy atom. The maximum atomic E-state index is 12.7. The summed E-state index contributed by atoms with van der Waals surface area (Å²) in [6.45, 7) is 1.21. The monoisotopic (exact) mass is 355 g/mol. The maximum absolute atomic E-state index is 12.7. The van der Waals surface area contributed by atoms with Gasteiger partial charge in [-0.3, -0.25) is 14.9 Å². The fourth-order valence-electron chi connectivity index (χ4n) is 2.71.